The van der Waals surface area contributed by atoms with E-state index in [1.807, 2.05) is 12.4 Å². The monoisotopic (exact) mass is 441 g/mol. The van der Waals surface area contributed by atoms with E-state index in [2.05, 4.69) is 60.6 Å². The van der Waals surface area contributed by atoms with Crippen molar-refractivity contribution in [2.45, 2.75) is 59.4 Å². The normalized spacial score (nSPS) is 15.8. The van der Waals surface area contributed by atoms with E-state index in [0.29, 0.717) is 5.92 Å². The topological polar surface area (TPSA) is 87.4 Å². The Morgan fingerprint density at radius 1 is 1.12 bits per heavy atom. The molecule has 1 aliphatic heterocycles. The molecule has 2 aromatic heterocycles. The van der Waals surface area contributed by atoms with E-state index in [0.717, 1.165) is 70.0 Å². The highest BCUT2D eigenvalue weighted by atomic mass is 15.4. The molecule has 0 aliphatic carbocycles. The van der Waals surface area contributed by atoms with Crippen molar-refractivity contribution in [1.82, 2.24) is 34.9 Å². The highest BCUT2D eigenvalue weighted by Crippen LogP contribution is 2.14. The molecule has 1 fully saturated rings. The minimum atomic E-state index is 0.648. The average Bonchev–Trinajstić information content (AvgIpc) is 3.31. The zero-order valence-electron chi connectivity index (χ0n) is 19.9. The minimum Gasteiger partial charge on any atom is -0.354 e. The molecule has 1 atom stereocenters. The Labute approximate surface area is 192 Å². The number of aromatic nitrogens is 5. The average molecular weight is 442 g/mol. The van der Waals surface area contributed by atoms with Crippen LogP contribution in [0.4, 0.5) is 5.95 Å². The first-order valence-corrected chi connectivity index (χ1v) is 12.2. The molecule has 0 bridgehead atoms. The minimum absolute atomic E-state index is 0.648. The van der Waals surface area contributed by atoms with Gasteiger partial charge in [-0.15, -0.1) is 10.2 Å². The van der Waals surface area contributed by atoms with Gasteiger partial charge in [0.2, 0.25) is 5.95 Å². The van der Waals surface area contributed by atoms with Crippen molar-refractivity contribution < 1.29 is 0 Å². The van der Waals surface area contributed by atoms with Crippen molar-refractivity contribution in [2.75, 3.05) is 44.2 Å². The molecule has 32 heavy (non-hydrogen) atoms. The van der Waals surface area contributed by atoms with Crippen LogP contribution in [0, 0.1) is 5.92 Å². The number of rotatable bonds is 11. The van der Waals surface area contributed by atoms with Gasteiger partial charge in [0.15, 0.2) is 5.96 Å². The molecule has 0 spiro atoms. The SMILES string of the molecule is CCCCC(CC)CN=C(NCCn1cnnc1CC)N1CCN(c2ncccn2)CC1. The third kappa shape index (κ3) is 6.90. The molecule has 2 aromatic rings. The molecular formula is C23H39N9. The van der Waals surface area contributed by atoms with Gasteiger partial charge in [0.1, 0.15) is 12.2 Å². The zero-order chi connectivity index (χ0) is 22.6. The molecule has 1 unspecified atom stereocenters. The lowest BCUT2D eigenvalue weighted by Gasteiger charge is -2.36. The van der Waals surface area contributed by atoms with Gasteiger partial charge in [-0.3, -0.25) is 4.99 Å². The van der Waals surface area contributed by atoms with Gasteiger partial charge in [-0.05, 0) is 18.4 Å². The first-order valence-electron chi connectivity index (χ1n) is 12.2. The smallest absolute Gasteiger partial charge is 0.225 e. The molecular weight excluding hydrogens is 402 g/mol. The third-order valence-corrected chi connectivity index (χ3v) is 6.10. The maximum absolute atomic E-state index is 5.07. The lowest BCUT2D eigenvalue weighted by atomic mass is 10.00. The molecule has 9 nitrogen and oxygen atoms in total. The van der Waals surface area contributed by atoms with E-state index in [9.17, 15) is 0 Å². The van der Waals surface area contributed by atoms with Crippen molar-refractivity contribution in [2.24, 2.45) is 10.9 Å². The standard InChI is InChI=1S/C23H39N9/c1-4-7-9-20(5-2)18-27-23(26-12-13-32-19-28-29-21(32)6-3)31-16-14-30(15-17-31)22-24-10-8-11-25-22/h8,10-11,19-20H,4-7,9,12-18H2,1-3H3,(H,26,27). The molecule has 0 amide bonds. The first-order chi connectivity index (χ1) is 15.7. The van der Waals surface area contributed by atoms with Gasteiger partial charge in [0.05, 0.1) is 0 Å². The predicted molar refractivity (Wildman–Crippen MR) is 129 cm³/mol. The summed E-state index contributed by atoms with van der Waals surface area (Å²) in [5.41, 5.74) is 0. The van der Waals surface area contributed by atoms with Gasteiger partial charge >= 0.3 is 0 Å². The van der Waals surface area contributed by atoms with Crippen LogP contribution in [-0.4, -0.2) is 74.9 Å². The summed E-state index contributed by atoms with van der Waals surface area (Å²) < 4.78 is 2.12. The molecule has 1 saturated heterocycles. The Kier molecular flexibility index (Phi) is 9.71. The van der Waals surface area contributed by atoms with Crippen LogP contribution >= 0.6 is 0 Å². The fourth-order valence-electron chi connectivity index (χ4n) is 4.00. The van der Waals surface area contributed by atoms with Crippen molar-refractivity contribution >= 4 is 11.9 Å². The second-order valence-corrected chi connectivity index (χ2v) is 8.32. The summed E-state index contributed by atoms with van der Waals surface area (Å²) in [6, 6.07) is 1.86. The van der Waals surface area contributed by atoms with E-state index in [1.165, 1.54) is 25.7 Å². The number of aliphatic imine (C=N–C) groups is 1. The Morgan fingerprint density at radius 2 is 1.91 bits per heavy atom. The van der Waals surface area contributed by atoms with E-state index in [4.69, 9.17) is 4.99 Å². The van der Waals surface area contributed by atoms with Crippen LogP contribution < -0.4 is 10.2 Å². The number of piperazine rings is 1. The van der Waals surface area contributed by atoms with Gasteiger partial charge in [0.25, 0.3) is 0 Å². The van der Waals surface area contributed by atoms with E-state index in [1.54, 1.807) is 12.4 Å². The summed E-state index contributed by atoms with van der Waals surface area (Å²) in [5, 5.41) is 11.8. The lowest BCUT2D eigenvalue weighted by Crippen LogP contribution is -2.53. The number of aryl methyl sites for hydroxylation is 1. The summed E-state index contributed by atoms with van der Waals surface area (Å²) in [5.74, 6) is 3.49. The van der Waals surface area contributed by atoms with Gasteiger partial charge in [-0.2, -0.15) is 0 Å². The second-order valence-electron chi connectivity index (χ2n) is 8.32. The highest BCUT2D eigenvalue weighted by molar-refractivity contribution is 5.80. The molecule has 9 heteroatoms. The van der Waals surface area contributed by atoms with E-state index < -0.39 is 0 Å². The Bertz CT molecular complexity index is 797. The molecule has 0 saturated carbocycles. The third-order valence-electron chi connectivity index (χ3n) is 6.10. The number of guanidine groups is 1. The van der Waals surface area contributed by atoms with E-state index in [-0.39, 0.29) is 0 Å². The van der Waals surface area contributed by atoms with Crippen LogP contribution in [0.5, 0.6) is 0 Å². The largest absolute Gasteiger partial charge is 0.354 e. The summed E-state index contributed by atoms with van der Waals surface area (Å²) in [6.45, 7) is 12.8. The maximum atomic E-state index is 5.07. The fraction of sp³-hybridized carbons (Fsp3) is 0.696. The van der Waals surface area contributed by atoms with Gasteiger partial charge in [-0.1, -0.05) is 40.0 Å². The molecule has 3 rings (SSSR count). The first kappa shape index (κ1) is 23.9. The van der Waals surface area contributed by atoms with Crippen LogP contribution in [-0.2, 0) is 13.0 Å². The van der Waals surface area contributed by atoms with Crippen LogP contribution in [0.1, 0.15) is 52.3 Å². The molecule has 1 N–H and O–H groups in total. The number of hydrogen-bond acceptors (Lipinski definition) is 6. The summed E-state index contributed by atoms with van der Waals surface area (Å²) >= 11 is 0. The van der Waals surface area contributed by atoms with Crippen LogP contribution in [0.2, 0.25) is 0 Å². The van der Waals surface area contributed by atoms with Gasteiger partial charge < -0.3 is 19.7 Å². The van der Waals surface area contributed by atoms with Crippen molar-refractivity contribution in [3.05, 3.63) is 30.6 Å². The van der Waals surface area contributed by atoms with Crippen molar-refractivity contribution in [3.8, 4) is 0 Å². The molecule has 0 aromatic carbocycles. The summed E-state index contributed by atoms with van der Waals surface area (Å²) in [6.07, 6.45) is 11.3. The molecule has 1 aliphatic rings. The maximum Gasteiger partial charge on any atom is 0.225 e. The fourth-order valence-corrected chi connectivity index (χ4v) is 4.00. The Hall–Kier alpha value is -2.71. The predicted octanol–water partition coefficient (Wildman–Crippen LogP) is 2.61. The zero-order valence-corrected chi connectivity index (χ0v) is 19.9. The highest BCUT2D eigenvalue weighted by Gasteiger charge is 2.21. The van der Waals surface area contributed by atoms with Crippen molar-refractivity contribution in [3.63, 3.8) is 0 Å². The number of nitrogens with one attached hydrogen (secondary N) is 1. The van der Waals surface area contributed by atoms with E-state index >= 15 is 0 Å². The Morgan fingerprint density at radius 3 is 2.59 bits per heavy atom. The van der Waals surface area contributed by atoms with Gasteiger partial charge in [0, 0.05) is 64.6 Å². The lowest BCUT2D eigenvalue weighted by molar-refractivity contribution is 0.365. The number of unbranched alkanes of at least 4 members (excludes halogenated alkanes) is 1. The number of hydrogen-bond donors (Lipinski definition) is 1. The number of nitrogens with zero attached hydrogens (tertiary/aromatic N) is 8. The second kappa shape index (κ2) is 13.0. The quantitative estimate of drug-likeness (QED) is 0.424. The molecule has 176 valence electrons. The van der Waals surface area contributed by atoms with Gasteiger partial charge in [-0.25, -0.2) is 9.97 Å². The summed E-state index contributed by atoms with van der Waals surface area (Å²) in [4.78, 5) is 18.5. The van der Waals surface area contributed by atoms with Crippen LogP contribution in [0.25, 0.3) is 0 Å². The number of anilines is 1. The molecule has 0 radical (unpaired) electrons. The van der Waals surface area contributed by atoms with Crippen LogP contribution in [0.3, 0.4) is 0 Å². The van der Waals surface area contributed by atoms with Crippen LogP contribution in [0.15, 0.2) is 29.8 Å². The summed E-state index contributed by atoms with van der Waals surface area (Å²) in [7, 11) is 0. The molecule has 3 heterocycles. The Balaban J connectivity index is 1.61. The van der Waals surface area contributed by atoms with Crippen molar-refractivity contribution in [1.29, 1.82) is 0 Å².